The third-order valence-corrected chi connectivity index (χ3v) is 4.19. The standard InChI is InChI=1S/C11H13N3O2S/c1-9-4-3-5-10(8-9)14(2)17(15,16)11-6-7-12-13-11/h3-8H,1-2H3,(H,12,13). The van der Waals surface area contributed by atoms with Gasteiger partial charge in [0.1, 0.15) is 0 Å². The highest BCUT2D eigenvalue weighted by Crippen LogP contribution is 2.21. The number of aromatic nitrogens is 2. The third-order valence-electron chi connectivity index (χ3n) is 2.48. The average molecular weight is 251 g/mol. The molecule has 2 rings (SSSR count). The van der Waals surface area contributed by atoms with Crippen LogP contribution in [0.25, 0.3) is 0 Å². The normalized spacial score (nSPS) is 11.4. The number of anilines is 1. The fraction of sp³-hybridized carbons (Fsp3) is 0.182. The topological polar surface area (TPSA) is 66.1 Å². The number of H-pyrrole nitrogens is 1. The summed E-state index contributed by atoms with van der Waals surface area (Å²) in [5.41, 5.74) is 1.63. The Morgan fingerprint density at radius 2 is 2.06 bits per heavy atom. The SMILES string of the molecule is Cc1cccc(N(C)S(=O)(=O)c2ccn[nH]2)c1. The second-order valence-corrected chi connectivity index (χ2v) is 5.67. The van der Waals surface area contributed by atoms with Gasteiger partial charge in [-0.1, -0.05) is 12.1 Å². The predicted octanol–water partition coefficient (Wildman–Crippen LogP) is 1.54. The molecule has 6 heteroatoms. The van der Waals surface area contributed by atoms with E-state index in [9.17, 15) is 8.42 Å². The highest BCUT2D eigenvalue weighted by atomic mass is 32.2. The minimum atomic E-state index is -3.55. The third kappa shape index (κ3) is 2.16. The Labute approximate surface area is 100 Å². The van der Waals surface area contributed by atoms with Crippen molar-refractivity contribution < 1.29 is 8.42 Å². The molecule has 0 saturated carbocycles. The van der Waals surface area contributed by atoms with E-state index in [1.54, 1.807) is 6.07 Å². The molecule has 0 spiro atoms. The zero-order chi connectivity index (χ0) is 12.5. The average Bonchev–Trinajstić information content (AvgIpc) is 2.82. The maximum absolute atomic E-state index is 12.2. The number of benzene rings is 1. The van der Waals surface area contributed by atoms with Crippen molar-refractivity contribution in [2.45, 2.75) is 11.9 Å². The van der Waals surface area contributed by atoms with Crippen molar-refractivity contribution in [2.75, 3.05) is 11.4 Å². The van der Waals surface area contributed by atoms with Crippen LogP contribution in [0.3, 0.4) is 0 Å². The molecule has 0 saturated heterocycles. The van der Waals surface area contributed by atoms with E-state index in [4.69, 9.17) is 0 Å². The van der Waals surface area contributed by atoms with Gasteiger partial charge in [0.2, 0.25) is 0 Å². The van der Waals surface area contributed by atoms with E-state index in [-0.39, 0.29) is 5.03 Å². The van der Waals surface area contributed by atoms with Crippen LogP contribution < -0.4 is 4.31 Å². The molecule has 0 aliphatic heterocycles. The van der Waals surface area contributed by atoms with Gasteiger partial charge in [0.25, 0.3) is 10.0 Å². The van der Waals surface area contributed by atoms with Crippen LogP contribution in [-0.4, -0.2) is 25.7 Å². The van der Waals surface area contributed by atoms with Crippen LogP contribution in [0.2, 0.25) is 0 Å². The fourth-order valence-electron chi connectivity index (χ4n) is 1.50. The van der Waals surface area contributed by atoms with Gasteiger partial charge in [0.05, 0.1) is 11.9 Å². The van der Waals surface area contributed by atoms with Crippen molar-refractivity contribution in [3.63, 3.8) is 0 Å². The van der Waals surface area contributed by atoms with Crippen LogP contribution >= 0.6 is 0 Å². The van der Waals surface area contributed by atoms with E-state index in [2.05, 4.69) is 10.2 Å². The predicted molar refractivity (Wildman–Crippen MR) is 65.4 cm³/mol. The number of hydrogen-bond acceptors (Lipinski definition) is 3. The molecule has 1 aromatic heterocycles. The van der Waals surface area contributed by atoms with Gasteiger partial charge in [-0.25, -0.2) is 0 Å². The number of aromatic amines is 1. The molecule has 0 aliphatic carbocycles. The van der Waals surface area contributed by atoms with Gasteiger partial charge < -0.3 is 0 Å². The molecular formula is C11H13N3O2S. The number of nitrogens with zero attached hydrogens (tertiary/aromatic N) is 2. The smallest absolute Gasteiger partial charge is 0.268 e. The largest absolute Gasteiger partial charge is 0.281 e. The second kappa shape index (κ2) is 4.21. The van der Waals surface area contributed by atoms with Gasteiger partial charge in [0.15, 0.2) is 5.03 Å². The molecule has 5 nitrogen and oxygen atoms in total. The summed E-state index contributed by atoms with van der Waals surface area (Å²) < 4.78 is 25.5. The van der Waals surface area contributed by atoms with Crippen molar-refractivity contribution in [3.05, 3.63) is 42.1 Å². The van der Waals surface area contributed by atoms with Crippen LogP contribution in [0.15, 0.2) is 41.6 Å². The molecule has 0 unspecified atom stereocenters. The first-order chi connectivity index (χ1) is 8.01. The lowest BCUT2D eigenvalue weighted by atomic mass is 10.2. The molecule has 1 aromatic carbocycles. The Kier molecular flexibility index (Phi) is 2.89. The number of aryl methyl sites for hydroxylation is 1. The molecule has 0 amide bonds. The number of sulfonamides is 1. The van der Waals surface area contributed by atoms with Crippen molar-refractivity contribution in [1.29, 1.82) is 0 Å². The Morgan fingerprint density at radius 1 is 1.29 bits per heavy atom. The molecule has 0 bridgehead atoms. The van der Waals surface area contributed by atoms with E-state index in [0.29, 0.717) is 5.69 Å². The molecule has 0 fully saturated rings. The molecule has 17 heavy (non-hydrogen) atoms. The van der Waals surface area contributed by atoms with E-state index >= 15 is 0 Å². The first kappa shape index (κ1) is 11.7. The number of nitrogens with one attached hydrogen (secondary N) is 1. The van der Waals surface area contributed by atoms with Crippen LogP contribution in [0, 0.1) is 6.92 Å². The summed E-state index contributed by atoms with van der Waals surface area (Å²) in [5, 5.41) is 6.20. The second-order valence-electron chi connectivity index (χ2n) is 3.73. The minimum Gasteiger partial charge on any atom is -0.268 e. The van der Waals surface area contributed by atoms with Crippen molar-refractivity contribution in [3.8, 4) is 0 Å². The highest BCUT2D eigenvalue weighted by Gasteiger charge is 2.22. The highest BCUT2D eigenvalue weighted by molar-refractivity contribution is 7.92. The summed E-state index contributed by atoms with van der Waals surface area (Å²) in [5.74, 6) is 0. The lowest BCUT2D eigenvalue weighted by Crippen LogP contribution is -2.26. The first-order valence-corrected chi connectivity index (χ1v) is 6.51. The van der Waals surface area contributed by atoms with E-state index in [1.807, 2.05) is 25.1 Å². The summed E-state index contributed by atoms with van der Waals surface area (Å²) >= 11 is 0. The Bertz CT molecular complexity index is 605. The van der Waals surface area contributed by atoms with Gasteiger partial charge >= 0.3 is 0 Å². The Hall–Kier alpha value is -1.82. The Morgan fingerprint density at radius 3 is 2.65 bits per heavy atom. The Balaban J connectivity index is 2.42. The maximum atomic E-state index is 12.2. The molecule has 1 heterocycles. The molecule has 90 valence electrons. The van der Waals surface area contributed by atoms with Gasteiger partial charge in [0, 0.05) is 7.05 Å². The van der Waals surface area contributed by atoms with Gasteiger partial charge in [-0.15, -0.1) is 0 Å². The molecule has 0 atom stereocenters. The zero-order valence-corrected chi connectivity index (χ0v) is 10.4. The van der Waals surface area contributed by atoms with E-state index in [1.165, 1.54) is 23.6 Å². The number of rotatable bonds is 3. The zero-order valence-electron chi connectivity index (χ0n) is 9.58. The minimum absolute atomic E-state index is 0.0847. The molecule has 0 radical (unpaired) electrons. The van der Waals surface area contributed by atoms with Crippen molar-refractivity contribution >= 4 is 15.7 Å². The maximum Gasteiger partial charge on any atom is 0.281 e. The van der Waals surface area contributed by atoms with E-state index in [0.717, 1.165) is 5.56 Å². The molecule has 0 aliphatic rings. The summed E-state index contributed by atoms with van der Waals surface area (Å²) in [7, 11) is -2.03. The summed E-state index contributed by atoms with van der Waals surface area (Å²) in [6.07, 6.45) is 1.41. The quantitative estimate of drug-likeness (QED) is 0.900. The summed E-state index contributed by atoms with van der Waals surface area (Å²) in [4.78, 5) is 0. The van der Waals surface area contributed by atoms with Crippen LogP contribution in [-0.2, 0) is 10.0 Å². The van der Waals surface area contributed by atoms with Crippen LogP contribution in [0.5, 0.6) is 0 Å². The molecule has 2 aromatic rings. The van der Waals surface area contributed by atoms with E-state index < -0.39 is 10.0 Å². The molecule has 1 N–H and O–H groups in total. The van der Waals surface area contributed by atoms with Crippen molar-refractivity contribution in [1.82, 2.24) is 10.2 Å². The number of hydrogen-bond donors (Lipinski definition) is 1. The molecular weight excluding hydrogens is 238 g/mol. The van der Waals surface area contributed by atoms with Crippen LogP contribution in [0.1, 0.15) is 5.56 Å². The monoisotopic (exact) mass is 251 g/mol. The van der Waals surface area contributed by atoms with Gasteiger partial charge in [-0.05, 0) is 30.7 Å². The lowest BCUT2D eigenvalue weighted by molar-refractivity contribution is 0.590. The van der Waals surface area contributed by atoms with Gasteiger partial charge in [-0.2, -0.15) is 13.5 Å². The van der Waals surface area contributed by atoms with Crippen molar-refractivity contribution in [2.24, 2.45) is 0 Å². The summed E-state index contributed by atoms with van der Waals surface area (Å²) in [6, 6.07) is 8.74. The first-order valence-electron chi connectivity index (χ1n) is 5.07. The fourth-order valence-corrected chi connectivity index (χ4v) is 2.58. The summed E-state index contributed by atoms with van der Waals surface area (Å²) in [6.45, 7) is 1.92. The van der Waals surface area contributed by atoms with Crippen LogP contribution in [0.4, 0.5) is 5.69 Å². The lowest BCUT2D eigenvalue weighted by Gasteiger charge is -2.18. The van der Waals surface area contributed by atoms with Gasteiger partial charge in [-0.3, -0.25) is 9.40 Å².